The Morgan fingerprint density at radius 3 is 2.79 bits per heavy atom. The number of hydrogen-bond acceptors (Lipinski definition) is 3. The van der Waals surface area contributed by atoms with E-state index in [9.17, 15) is 4.79 Å². The summed E-state index contributed by atoms with van der Waals surface area (Å²) in [6.07, 6.45) is 1.91. The van der Waals surface area contributed by atoms with E-state index in [0.29, 0.717) is 5.82 Å². The molecule has 1 heterocycles. The van der Waals surface area contributed by atoms with Gasteiger partial charge in [0.2, 0.25) is 5.91 Å². The molecular formula is C19H19N3O2. The first-order chi connectivity index (χ1) is 11.7. The van der Waals surface area contributed by atoms with Crippen LogP contribution in [0.4, 0.5) is 5.82 Å². The molecule has 1 amide bonds. The van der Waals surface area contributed by atoms with E-state index in [1.807, 2.05) is 55.5 Å². The molecule has 1 saturated carbocycles. The fourth-order valence-electron chi connectivity index (χ4n) is 2.73. The van der Waals surface area contributed by atoms with Crippen molar-refractivity contribution in [3.63, 3.8) is 0 Å². The number of nitrogens with one attached hydrogen (secondary N) is 2. The Morgan fingerprint density at radius 2 is 2.04 bits per heavy atom. The second kappa shape index (κ2) is 6.00. The molecule has 1 aliphatic carbocycles. The van der Waals surface area contributed by atoms with E-state index in [2.05, 4.69) is 15.5 Å². The van der Waals surface area contributed by atoms with Crippen LogP contribution in [0.5, 0.6) is 5.75 Å². The number of carbonyl (C=O) groups excluding carboxylic acids is 1. The summed E-state index contributed by atoms with van der Waals surface area (Å²) in [5.74, 6) is 1.57. The lowest BCUT2D eigenvalue weighted by Gasteiger charge is -2.15. The number of benzene rings is 2. The van der Waals surface area contributed by atoms with E-state index >= 15 is 0 Å². The SMILES string of the molecule is CC(Oc1ccc2c(NC(=O)C3CC3)n[nH]c2c1)c1ccccc1. The van der Waals surface area contributed by atoms with Crippen molar-refractivity contribution in [2.24, 2.45) is 5.92 Å². The maximum Gasteiger partial charge on any atom is 0.228 e. The molecule has 5 heteroatoms. The van der Waals surface area contributed by atoms with Crippen molar-refractivity contribution in [3.05, 3.63) is 54.1 Å². The minimum absolute atomic E-state index is 0.0411. The number of fused-ring (bicyclic) bond motifs is 1. The van der Waals surface area contributed by atoms with Gasteiger partial charge < -0.3 is 10.1 Å². The molecule has 122 valence electrons. The first kappa shape index (κ1) is 14.8. The minimum atomic E-state index is -0.0411. The van der Waals surface area contributed by atoms with Crippen molar-refractivity contribution in [2.45, 2.75) is 25.9 Å². The van der Waals surface area contributed by atoms with Crippen molar-refractivity contribution < 1.29 is 9.53 Å². The molecule has 3 aromatic rings. The summed E-state index contributed by atoms with van der Waals surface area (Å²) in [5, 5.41) is 11.0. The quantitative estimate of drug-likeness (QED) is 0.745. The highest BCUT2D eigenvalue weighted by molar-refractivity contribution is 6.01. The molecule has 1 aromatic heterocycles. The summed E-state index contributed by atoms with van der Waals surface area (Å²) in [5.41, 5.74) is 1.97. The molecule has 0 bridgehead atoms. The number of ether oxygens (including phenoxy) is 1. The topological polar surface area (TPSA) is 67.0 Å². The molecule has 2 aromatic carbocycles. The lowest BCUT2D eigenvalue weighted by Crippen LogP contribution is -2.13. The van der Waals surface area contributed by atoms with E-state index in [4.69, 9.17) is 4.74 Å². The number of anilines is 1. The van der Waals surface area contributed by atoms with Gasteiger partial charge in [0.05, 0.1) is 5.52 Å². The van der Waals surface area contributed by atoms with Crippen molar-refractivity contribution in [2.75, 3.05) is 5.32 Å². The largest absolute Gasteiger partial charge is 0.486 e. The van der Waals surface area contributed by atoms with Crippen LogP contribution in [0.1, 0.15) is 31.4 Å². The van der Waals surface area contributed by atoms with Gasteiger partial charge in [-0.25, -0.2) is 0 Å². The van der Waals surface area contributed by atoms with Gasteiger partial charge in [0.1, 0.15) is 11.9 Å². The molecule has 1 unspecified atom stereocenters. The van der Waals surface area contributed by atoms with Gasteiger partial charge in [0.15, 0.2) is 5.82 Å². The van der Waals surface area contributed by atoms with Gasteiger partial charge in [0, 0.05) is 17.4 Å². The maximum absolute atomic E-state index is 11.9. The Labute approximate surface area is 140 Å². The lowest BCUT2D eigenvalue weighted by atomic mass is 10.1. The van der Waals surface area contributed by atoms with E-state index in [1.54, 1.807) is 0 Å². The third kappa shape index (κ3) is 2.97. The van der Waals surface area contributed by atoms with Gasteiger partial charge in [-0.1, -0.05) is 30.3 Å². The van der Waals surface area contributed by atoms with E-state index < -0.39 is 0 Å². The molecule has 0 aliphatic heterocycles. The molecule has 0 radical (unpaired) electrons. The Balaban J connectivity index is 1.52. The number of hydrogen-bond donors (Lipinski definition) is 2. The summed E-state index contributed by atoms with van der Waals surface area (Å²) < 4.78 is 6.01. The second-order valence-electron chi connectivity index (χ2n) is 6.21. The molecule has 1 atom stereocenters. The normalized spacial score (nSPS) is 15.2. The summed E-state index contributed by atoms with van der Waals surface area (Å²) in [4.78, 5) is 11.9. The van der Waals surface area contributed by atoms with Gasteiger partial charge in [-0.3, -0.25) is 9.89 Å². The third-order valence-corrected chi connectivity index (χ3v) is 4.31. The highest BCUT2D eigenvalue weighted by Gasteiger charge is 2.30. The van der Waals surface area contributed by atoms with Crippen molar-refractivity contribution >= 4 is 22.6 Å². The zero-order valence-electron chi connectivity index (χ0n) is 13.5. The van der Waals surface area contributed by atoms with Gasteiger partial charge in [-0.2, -0.15) is 5.10 Å². The van der Waals surface area contributed by atoms with Crippen LogP contribution in [0.25, 0.3) is 10.9 Å². The number of aromatic amines is 1. The van der Waals surface area contributed by atoms with Crippen LogP contribution in [0.3, 0.4) is 0 Å². The molecule has 0 spiro atoms. The first-order valence-electron chi connectivity index (χ1n) is 8.21. The predicted molar refractivity (Wildman–Crippen MR) is 92.9 cm³/mol. The minimum Gasteiger partial charge on any atom is -0.486 e. The van der Waals surface area contributed by atoms with E-state index in [0.717, 1.165) is 35.1 Å². The number of H-pyrrole nitrogens is 1. The molecule has 1 fully saturated rings. The van der Waals surface area contributed by atoms with Gasteiger partial charge in [-0.15, -0.1) is 0 Å². The maximum atomic E-state index is 11.9. The molecule has 4 rings (SSSR count). The third-order valence-electron chi connectivity index (χ3n) is 4.31. The first-order valence-corrected chi connectivity index (χ1v) is 8.21. The number of amides is 1. The summed E-state index contributed by atoms with van der Waals surface area (Å²) >= 11 is 0. The number of carbonyl (C=O) groups is 1. The Bertz CT molecular complexity index is 869. The summed E-state index contributed by atoms with van der Waals surface area (Å²) in [6, 6.07) is 15.8. The summed E-state index contributed by atoms with van der Waals surface area (Å²) in [7, 11) is 0. The zero-order valence-corrected chi connectivity index (χ0v) is 13.5. The van der Waals surface area contributed by atoms with Crippen LogP contribution < -0.4 is 10.1 Å². The Kier molecular flexibility index (Phi) is 3.69. The molecule has 5 nitrogen and oxygen atoms in total. The van der Waals surface area contributed by atoms with Crippen LogP contribution in [-0.4, -0.2) is 16.1 Å². The van der Waals surface area contributed by atoms with E-state index in [1.165, 1.54) is 0 Å². The molecule has 2 N–H and O–H groups in total. The average molecular weight is 321 g/mol. The van der Waals surface area contributed by atoms with Crippen LogP contribution in [-0.2, 0) is 4.79 Å². The fraction of sp³-hybridized carbons (Fsp3) is 0.263. The molecule has 1 aliphatic rings. The molecule has 24 heavy (non-hydrogen) atoms. The summed E-state index contributed by atoms with van der Waals surface area (Å²) in [6.45, 7) is 2.02. The second-order valence-corrected chi connectivity index (χ2v) is 6.21. The average Bonchev–Trinajstić information content (AvgIpc) is 3.39. The van der Waals surface area contributed by atoms with Gasteiger partial charge in [0.25, 0.3) is 0 Å². The van der Waals surface area contributed by atoms with Crippen molar-refractivity contribution in [1.29, 1.82) is 0 Å². The van der Waals surface area contributed by atoms with Crippen LogP contribution >= 0.6 is 0 Å². The smallest absolute Gasteiger partial charge is 0.228 e. The Morgan fingerprint density at radius 1 is 1.25 bits per heavy atom. The monoisotopic (exact) mass is 321 g/mol. The van der Waals surface area contributed by atoms with Gasteiger partial charge >= 0.3 is 0 Å². The highest BCUT2D eigenvalue weighted by Crippen LogP contribution is 2.32. The number of aromatic nitrogens is 2. The van der Waals surface area contributed by atoms with E-state index in [-0.39, 0.29) is 17.9 Å². The fourth-order valence-corrected chi connectivity index (χ4v) is 2.73. The zero-order chi connectivity index (χ0) is 16.5. The molecular weight excluding hydrogens is 302 g/mol. The van der Waals surface area contributed by atoms with Crippen molar-refractivity contribution in [3.8, 4) is 5.75 Å². The van der Waals surface area contributed by atoms with Crippen molar-refractivity contribution in [1.82, 2.24) is 10.2 Å². The highest BCUT2D eigenvalue weighted by atomic mass is 16.5. The van der Waals surface area contributed by atoms with Gasteiger partial charge in [-0.05, 0) is 37.5 Å². The van der Waals surface area contributed by atoms with Crippen LogP contribution in [0.15, 0.2) is 48.5 Å². The van der Waals surface area contributed by atoms with Crippen LogP contribution in [0.2, 0.25) is 0 Å². The number of rotatable bonds is 5. The Hall–Kier alpha value is -2.82. The number of nitrogens with zero attached hydrogens (tertiary/aromatic N) is 1. The lowest BCUT2D eigenvalue weighted by molar-refractivity contribution is -0.117. The predicted octanol–water partition coefficient (Wildman–Crippen LogP) is 4.05. The standard InChI is InChI=1S/C19H19N3O2/c1-12(13-5-3-2-4-6-13)24-15-9-10-16-17(11-15)21-22-18(16)20-19(23)14-7-8-14/h2-6,9-12,14H,7-8H2,1H3,(H2,20,21,22,23). The molecule has 0 saturated heterocycles. The van der Waals surface area contributed by atoms with Crippen LogP contribution in [0, 0.1) is 5.92 Å².